The lowest BCUT2D eigenvalue weighted by molar-refractivity contribution is 0.996. The van der Waals surface area contributed by atoms with Crippen LogP contribution in [0.3, 0.4) is 0 Å². The van der Waals surface area contributed by atoms with Gasteiger partial charge in [-0.1, -0.05) is 189 Å². The highest BCUT2D eigenvalue weighted by Gasteiger charge is 2.21. The van der Waals surface area contributed by atoms with Crippen molar-refractivity contribution in [1.29, 1.82) is 0 Å². The number of benzene rings is 9. The molecule has 296 valence electrons. The molecule has 3 heterocycles. The maximum atomic E-state index is 5.29. The van der Waals surface area contributed by atoms with Crippen LogP contribution >= 0.6 is 0 Å². The monoisotopic (exact) mass is 804 g/mol. The Balaban J connectivity index is 1.05. The molecule has 0 spiro atoms. The molecular formula is C59H40N4. The van der Waals surface area contributed by atoms with Crippen molar-refractivity contribution >= 4 is 71.1 Å². The van der Waals surface area contributed by atoms with Crippen molar-refractivity contribution in [2.24, 2.45) is 0 Å². The molecule has 63 heavy (non-hydrogen) atoms. The summed E-state index contributed by atoms with van der Waals surface area (Å²) in [5.74, 6) is 0.630. The van der Waals surface area contributed by atoms with Gasteiger partial charge in [0, 0.05) is 45.4 Å². The van der Waals surface area contributed by atoms with Gasteiger partial charge in [0.15, 0.2) is 0 Å². The van der Waals surface area contributed by atoms with Crippen LogP contribution in [0.1, 0.15) is 5.56 Å². The third-order valence-electron chi connectivity index (χ3n) is 12.6. The Bertz CT molecular complexity index is 3580. The van der Waals surface area contributed by atoms with Crippen LogP contribution in [0.15, 0.2) is 225 Å². The topological polar surface area (TPSA) is 34.0 Å². The lowest BCUT2D eigenvalue weighted by Gasteiger charge is -2.28. The van der Waals surface area contributed by atoms with Crippen LogP contribution in [0.2, 0.25) is 0 Å². The molecule has 9 aromatic carbocycles. The Kier molecular flexibility index (Phi) is 8.68. The van der Waals surface area contributed by atoms with Crippen LogP contribution in [0.4, 0.5) is 11.4 Å². The second-order valence-corrected chi connectivity index (χ2v) is 16.2. The third kappa shape index (κ3) is 6.23. The van der Waals surface area contributed by atoms with Gasteiger partial charge in [-0.25, -0.2) is 9.97 Å². The molecule has 0 aliphatic carbocycles. The van der Waals surface area contributed by atoms with Gasteiger partial charge >= 0.3 is 0 Å². The van der Waals surface area contributed by atoms with Crippen molar-refractivity contribution in [1.82, 2.24) is 14.5 Å². The van der Waals surface area contributed by atoms with Crippen molar-refractivity contribution < 1.29 is 0 Å². The molecule has 2 aromatic heterocycles. The minimum Gasteiger partial charge on any atom is -0.337 e. The first-order valence-electron chi connectivity index (χ1n) is 21.5. The maximum absolute atomic E-state index is 5.29. The van der Waals surface area contributed by atoms with Gasteiger partial charge in [-0.3, -0.25) is 4.57 Å². The first-order valence-corrected chi connectivity index (χ1v) is 21.5. The smallest absolute Gasteiger partial charge is 0.235 e. The quantitative estimate of drug-likeness (QED) is 0.163. The average molecular weight is 805 g/mol. The van der Waals surface area contributed by atoms with Crippen LogP contribution in [-0.2, 0) is 0 Å². The summed E-state index contributed by atoms with van der Waals surface area (Å²) in [6.45, 7) is 5.25. The van der Waals surface area contributed by atoms with E-state index in [1.165, 1.54) is 32.3 Å². The summed E-state index contributed by atoms with van der Waals surface area (Å²) in [5, 5.41) is 9.87. The second kappa shape index (κ2) is 15.0. The molecule has 1 aliphatic heterocycles. The number of hydrogen-bond acceptors (Lipinski definition) is 3. The Hall–Kier alpha value is -8.34. The maximum Gasteiger partial charge on any atom is 0.235 e. The molecule has 4 heteroatoms. The molecule has 4 nitrogen and oxygen atoms in total. The first-order chi connectivity index (χ1) is 31.2. The number of fused-ring (bicyclic) bond motifs is 10. The lowest BCUT2D eigenvalue weighted by atomic mass is 9.93. The fourth-order valence-electron chi connectivity index (χ4n) is 9.53. The van der Waals surface area contributed by atoms with E-state index in [-0.39, 0.29) is 0 Å². The number of anilines is 2. The molecule has 0 atom stereocenters. The first kappa shape index (κ1) is 36.5. The van der Waals surface area contributed by atoms with Gasteiger partial charge in [0.1, 0.15) is 0 Å². The summed E-state index contributed by atoms with van der Waals surface area (Å²) < 4.78 is 2.23. The minimum atomic E-state index is 0.630. The SMILES string of the molecule is C=C1/C=C\C=C/CN(c2ccc3c4ccccc4c4ccccc4c3c2)c2cc(-c3ccc4c5ccccc5n(-c5nc(-c6ccccc6)cc(-c6ccccc6)n5)c4c3)ccc21. The molecule has 1 aliphatic rings. The molecule has 0 unspecified atom stereocenters. The fourth-order valence-corrected chi connectivity index (χ4v) is 9.53. The number of rotatable bonds is 5. The average Bonchev–Trinajstić information content (AvgIpc) is 3.72. The molecule has 0 bridgehead atoms. The fraction of sp³-hybridized carbons (Fsp3) is 0.0169. The van der Waals surface area contributed by atoms with Gasteiger partial charge in [-0.2, -0.15) is 0 Å². The molecule has 0 amide bonds. The number of aromatic nitrogens is 3. The van der Waals surface area contributed by atoms with Gasteiger partial charge in [0.2, 0.25) is 5.95 Å². The summed E-state index contributed by atoms with van der Waals surface area (Å²) in [5.41, 5.74) is 12.4. The van der Waals surface area contributed by atoms with E-state index in [1.807, 2.05) is 12.1 Å². The van der Waals surface area contributed by atoms with Crippen LogP contribution in [0, 0.1) is 0 Å². The summed E-state index contributed by atoms with van der Waals surface area (Å²) in [6.07, 6.45) is 8.55. The Labute approximate surface area is 365 Å². The molecule has 0 N–H and O–H groups in total. The van der Waals surface area contributed by atoms with Crippen molar-refractivity contribution in [3.63, 3.8) is 0 Å². The van der Waals surface area contributed by atoms with E-state index in [4.69, 9.17) is 9.97 Å². The number of para-hydroxylation sites is 1. The molecule has 0 saturated heterocycles. The molecule has 0 fully saturated rings. The van der Waals surface area contributed by atoms with Gasteiger partial charge in [0.25, 0.3) is 0 Å². The number of allylic oxidation sites excluding steroid dienone is 4. The van der Waals surface area contributed by atoms with Gasteiger partial charge in [-0.15, -0.1) is 0 Å². The van der Waals surface area contributed by atoms with Crippen LogP contribution in [0.5, 0.6) is 0 Å². The molecule has 12 rings (SSSR count). The normalized spacial score (nSPS) is 13.9. The Morgan fingerprint density at radius 3 is 1.63 bits per heavy atom. The molecule has 11 aromatic rings. The standard InChI is InChI=1S/C59H40N4/c1-39-17-5-4-16-34-62(44-30-33-50-48-24-11-10-22-46(48)47-23-12-13-25-49(47)53(50)37-44)57-35-42(28-31-45(39)57)43-29-32-52-51-26-14-15-27-56(51)63(58(52)36-43)59-60-54(40-18-6-2-7-19-40)38-55(61-59)41-20-8-3-9-21-41/h2-33,35-38H,1,34H2/b16-4-,17-5-. The van der Waals surface area contributed by atoms with Crippen LogP contribution < -0.4 is 4.90 Å². The summed E-state index contributed by atoms with van der Waals surface area (Å²) in [7, 11) is 0. The Morgan fingerprint density at radius 1 is 0.413 bits per heavy atom. The van der Waals surface area contributed by atoms with E-state index in [1.54, 1.807) is 0 Å². The highest BCUT2D eigenvalue weighted by molar-refractivity contribution is 6.25. The number of hydrogen-bond donors (Lipinski definition) is 0. The van der Waals surface area contributed by atoms with Crippen molar-refractivity contribution in [3.05, 3.63) is 231 Å². The zero-order chi connectivity index (χ0) is 41.9. The van der Waals surface area contributed by atoms with Gasteiger partial charge < -0.3 is 4.90 Å². The van der Waals surface area contributed by atoms with E-state index >= 15 is 0 Å². The molecule has 0 saturated carbocycles. The third-order valence-corrected chi connectivity index (χ3v) is 12.6. The molecule has 0 radical (unpaired) electrons. The predicted molar refractivity (Wildman–Crippen MR) is 266 cm³/mol. The van der Waals surface area contributed by atoms with E-state index < -0.39 is 0 Å². The molecular weight excluding hydrogens is 765 g/mol. The van der Waals surface area contributed by atoms with Crippen LogP contribution in [-0.4, -0.2) is 21.1 Å². The number of nitrogens with zero attached hydrogens (tertiary/aromatic N) is 4. The predicted octanol–water partition coefficient (Wildman–Crippen LogP) is 15.3. The largest absolute Gasteiger partial charge is 0.337 e. The van der Waals surface area contributed by atoms with Crippen molar-refractivity contribution in [2.45, 2.75) is 0 Å². The van der Waals surface area contributed by atoms with Crippen LogP contribution in [0.25, 0.3) is 99.3 Å². The highest BCUT2D eigenvalue weighted by atomic mass is 15.2. The van der Waals surface area contributed by atoms with Crippen molar-refractivity contribution in [3.8, 4) is 39.6 Å². The van der Waals surface area contributed by atoms with Crippen molar-refractivity contribution in [2.75, 3.05) is 11.4 Å². The van der Waals surface area contributed by atoms with E-state index in [2.05, 4.69) is 222 Å². The van der Waals surface area contributed by atoms with E-state index in [9.17, 15) is 0 Å². The Morgan fingerprint density at radius 2 is 0.952 bits per heavy atom. The van der Waals surface area contributed by atoms with Gasteiger partial charge in [0.05, 0.1) is 22.4 Å². The zero-order valence-corrected chi connectivity index (χ0v) is 34.5. The van der Waals surface area contributed by atoms with Gasteiger partial charge in [-0.05, 0) is 85.4 Å². The summed E-state index contributed by atoms with van der Waals surface area (Å²) in [4.78, 5) is 13.0. The van der Waals surface area contributed by atoms with E-state index in [0.29, 0.717) is 12.5 Å². The lowest BCUT2D eigenvalue weighted by Crippen LogP contribution is -2.18. The highest BCUT2D eigenvalue weighted by Crippen LogP contribution is 2.42. The zero-order valence-electron chi connectivity index (χ0n) is 34.5. The van der Waals surface area contributed by atoms with E-state index in [0.717, 1.165) is 78.0 Å². The summed E-state index contributed by atoms with van der Waals surface area (Å²) in [6, 6.07) is 69.5. The second-order valence-electron chi connectivity index (χ2n) is 16.2. The minimum absolute atomic E-state index is 0.630. The summed E-state index contributed by atoms with van der Waals surface area (Å²) >= 11 is 0.